The summed E-state index contributed by atoms with van der Waals surface area (Å²) in [5.41, 5.74) is 0. The van der Waals surface area contributed by atoms with E-state index in [4.69, 9.17) is 0 Å². The van der Waals surface area contributed by atoms with Crippen LogP contribution in [0.5, 0.6) is 0 Å². The fraction of sp³-hybridized carbons (Fsp3) is 1.00. The molecular formula is C10H24N2. The van der Waals surface area contributed by atoms with Crippen LogP contribution >= 0.6 is 0 Å². The van der Waals surface area contributed by atoms with Crippen molar-refractivity contribution in [2.75, 3.05) is 26.7 Å². The van der Waals surface area contributed by atoms with E-state index < -0.39 is 0 Å². The number of rotatable bonds is 8. The predicted octanol–water partition coefficient (Wildman–Crippen LogP) is 1.62. The molecule has 0 aliphatic heterocycles. The van der Waals surface area contributed by atoms with Gasteiger partial charge in [-0.3, -0.25) is 0 Å². The van der Waals surface area contributed by atoms with Gasteiger partial charge in [0.2, 0.25) is 0 Å². The lowest BCUT2D eigenvalue weighted by Gasteiger charge is -2.06. The van der Waals surface area contributed by atoms with Crippen LogP contribution in [0.3, 0.4) is 0 Å². The van der Waals surface area contributed by atoms with E-state index in [1.54, 1.807) is 0 Å². The lowest BCUT2D eigenvalue weighted by molar-refractivity contribution is 0.525. The SMILES string of the molecule is CNCCCCNCCC(C)C. The summed E-state index contributed by atoms with van der Waals surface area (Å²) in [7, 11) is 2.01. The van der Waals surface area contributed by atoms with Gasteiger partial charge in [0, 0.05) is 0 Å². The first kappa shape index (κ1) is 11.9. The molecule has 0 heterocycles. The van der Waals surface area contributed by atoms with E-state index in [-0.39, 0.29) is 0 Å². The van der Waals surface area contributed by atoms with Crippen LogP contribution in [0.25, 0.3) is 0 Å². The molecule has 0 aromatic heterocycles. The van der Waals surface area contributed by atoms with Crippen LogP contribution in [0.4, 0.5) is 0 Å². The first-order chi connectivity index (χ1) is 5.77. The van der Waals surface area contributed by atoms with Gasteiger partial charge in [-0.1, -0.05) is 13.8 Å². The highest BCUT2D eigenvalue weighted by Crippen LogP contribution is 1.96. The van der Waals surface area contributed by atoms with Crippen LogP contribution < -0.4 is 10.6 Å². The molecular weight excluding hydrogens is 148 g/mol. The van der Waals surface area contributed by atoms with Crippen LogP contribution in [-0.2, 0) is 0 Å². The number of unbranched alkanes of at least 4 members (excludes halogenated alkanes) is 1. The zero-order chi connectivity index (χ0) is 9.23. The Morgan fingerprint density at radius 1 is 1.00 bits per heavy atom. The molecule has 2 N–H and O–H groups in total. The minimum absolute atomic E-state index is 0.829. The average Bonchev–Trinajstić information content (AvgIpc) is 2.02. The molecule has 0 spiro atoms. The molecule has 0 bridgehead atoms. The third-order valence-corrected chi connectivity index (χ3v) is 1.93. The standard InChI is InChI=1S/C10H24N2/c1-10(2)6-9-12-8-5-4-7-11-3/h10-12H,4-9H2,1-3H3. The zero-order valence-electron chi connectivity index (χ0n) is 8.82. The largest absolute Gasteiger partial charge is 0.320 e. The molecule has 0 atom stereocenters. The molecule has 0 fully saturated rings. The van der Waals surface area contributed by atoms with Crippen LogP contribution in [-0.4, -0.2) is 26.7 Å². The summed E-state index contributed by atoms with van der Waals surface area (Å²) in [6, 6.07) is 0. The van der Waals surface area contributed by atoms with Crippen molar-refractivity contribution in [3.8, 4) is 0 Å². The molecule has 0 unspecified atom stereocenters. The van der Waals surface area contributed by atoms with E-state index in [0.717, 1.165) is 12.5 Å². The van der Waals surface area contributed by atoms with Crippen LogP contribution in [0.2, 0.25) is 0 Å². The van der Waals surface area contributed by atoms with Gasteiger partial charge in [0.15, 0.2) is 0 Å². The lowest BCUT2D eigenvalue weighted by atomic mass is 10.1. The van der Waals surface area contributed by atoms with Crippen molar-refractivity contribution in [1.29, 1.82) is 0 Å². The monoisotopic (exact) mass is 172 g/mol. The predicted molar refractivity (Wildman–Crippen MR) is 55.5 cm³/mol. The number of nitrogens with one attached hydrogen (secondary N) is 2. The Morgan fingerprint density at radius 3 is 2.25 bits per heavy atom. The van der Waals surface area contributed by atoms with E-state index in [2.05, 4.69) is 24.5 Å². The fourth-order valence-electron chi connectivity index (χ4n) is 1.07. The van der Waals surface area contributed by atoms with Gasteiger partial charge >= 0.3 is 0 Å². The Balaban J connectivity index is 2.82. The highest BCUT2D eigenvalue weighted by Gasteiger charge is 1.92. The molecule has 0 aliphatic carbocycles. The van der Waals surface area contributed by atoms with Crippen molar-refractivity contribution in [3.05, 3.63) is 0 Å². The summed E-state index contributed by atoms with van der Waals surface area (Å²) >= 11 is 0. The molecule has 2 heteroatoms. The summed E-state index contributed by atoms with van der Waals surface area (Å²) in [6.45, 7) is 8.03. The quantitative estimate of drug-likeness (QED) is 0.544. The third-order valence-electron chi connectivity index (χ3n) is 1.93. The molecule has 74 valence electrons. The smallest absolute Gasteiger partial charge is 0.00465 e. The third kappa shape index (κ3) is 9.92. The maximum atomic E-state index is 3.45. The van der Waals surface area contributed by atoms with Crippen LogP contribution in [0, 0.1) is 5.92 Å². The molecule has 2 nitrogen and oxygen atoms in total. The Kier molecular flexibility index (Phi) is 8.95. The Bertz CT molecular complexity index is 81.9. The van der Waals surface area contributed by atoms with Crippen molar-refractivity contribution in [2.45, 2.75) is 33.1 Å². The minimum atomic E-state index is 0.829. The molecule has 0 amide bonds. The van der Waals surface area contributed by atoms with Gasteiger partial charge in [-0.15, -0.1) is 0 Å². The van der Waals surface area contributed by atoms with Gasteiger partial charge < -0.3 is 10.6 Å². The van der Waals surface area contributed by atoms with E-state index in [9.17, 15) is 0 Å². The highest BCUT2D eigenvalue weighted by molar-refractivity contribution is 4.52. The van der Waals surface area contributed by atoms with Crippen molar-refractivity contribution in [3.63, 3.8) is 0 Å². The van der Waals surface area contributed by atoms with Gasteiger partial charge in [0.05, 0.1) is 0 Å². The number of hydrogen-bond acceptors (Lipinski definition) is 2. The van der Waals surface area contributed by atoms with Crippen molar-refractivity contribution in [1.82, 2.24) is 10.6 Å². The maximum Gasteiger partial charge on any atom is -0.00465 e. The first-order valence-electron chi connectivity index (χ1n) is 5.12. The summed E-state index contributed by atoms with van der Waals surface area (Å²) < 4.78 is 0. The molecule has 12 heavy (non-hydrogen) atoms. The van der Waals surface area contributed by atoms with Gasteiger partial charge in [0.25, 0.3) is 0 Å². The maximum absolute atomic E-state index is 3.45. The Hall–Kier alpha value is -0.0800. The van der Waals surface area contributed by atoms with Crippen LogP contribution in [0.15, 0.2) is 0 Å². The van der Waals surface area contributed by atoms with Gasteiger partial charge in [-0.05, 0) is 51.9 Å². The van der Waals surface area contributed by atoms with Crippen molar-refractivity contribution < 1.29 is 0 Å². The Morgan fingerprint density at radius 2 is 1.67 bits per heavy atom. The number of hydrogen-bond donors (Lipinski definition) is 2. The zero-order valence-corrected chi connectivity index (χ0v) is 8.82. The normalized spacial score (nSPS) is 11.0. The van der Waals surface area contributed by atoms with Gasteiger partial charge in [-0.2, -0.15) is 0 Å². The fourth-order valence-corrected chi connectivity index (χ4v) is 1.07. The molecule has 0 aromatic carbocycles. The van der Waals surface area contributed by atoms with E-state index in [0.29, 0.717) is 0 Å². The molecule has 0 aliphatic rings. The molecule has 0 rings (SSSR count). The molecule has 0 aromatic rings. The van der Waals surface area contributed by atoms with Gasteiger partial charge in [-0.25, -0.2) is 0 Å². The lowest BCUT2D eigenvalue weighted by Crippen LogP contribution is -2.19. The minimum Gasteiger partial charge on any atom is -0.320 e. The average molecular weight is 172 g/mol. The van der Waals surface area contributed by atoms with Gasteiger partial charge in [0.1, 0.15) is 0 Å². The summed E-state index contributed by atoms with van der Waals surface area (Å²) in [5.74, 6) is 0.829. The molecule has 0 radical (unpaired) electrons. The second-order valence-corrected chi connectivity index (χ2v) is 3.74. The topological polar surface area (TPSA) is 24.1 Å². The molecule has 0 saturated heterocycles. The van der Waals surface area contributed by atoms with E-state index in [1.165, 1.54) is 32.4 Å². The highest BCUT2D eigenvalue weighted by atomic mass is 14.8. The van der Waals surface area contributed by atoms with E-state index >= 15 is 0 Å². The van der Waals surface area contributed by atoms with E-state index in [1.807, 2.05) is 7.05 Å². The Labute approximate surface area is 77.1 Å². The van der Waals surface area contributed by atoms with Crippen molar-refractivity contribution in [2.24, 2.45) is 5.92 Å². The summed E-state index contributed by atoms with van der Waals surface area (Å²) in [5, 5.41) is 6.60. The van der Waals surface area contributed by atoms with Crippen LogP contribution in [0.1, 0.15) is 33.1 Å². The summed E-state index contributed by atoms with van der Waals surface area (Å²) in [6.07, 6.45) is 3.87. The van der Waals surface area contributed by atoms with Crippen molar-refractivity contribution >= 4 is 0 Å². The summed E-state index contributed by atoms with van der Waals surface area (Å²) in [4.78, 5) is 0. The second-order valence-electron chi connectivity index (χ2n) is 3.74. The second kappa shape index (κ2) is 9.01. The first-order valence-corrected chi connectivity index (χ1v) is 5.12. The molecule has 0 saturated carbocycles.